The van der Waals surface area contributed by atoms with Crippen LogP contribution in [0.15, 0.2) is 17.5 Å². The molecule has 0 amide bonds. The van der Waals surface area contributed by atoms with Crippen LogP contribution in [0.25, 0.3) is 0 Å². The van der Waals surface area contributed by atoms with Gasteiger partial charge in [-0.2, -0.15) is 0 Å². The molecule has 0 fully saturated rings. The molecule has 1 aromatic rings. The van der Waals surface area contributed by atoms with Crippen LogP contribution in [-0.4, -0.2) is 30.4 Å². The highest BCUT2D eigenvalue weighted by atomic mass is 32.1. The van der Waals surface area contributed by atoms with Gasteiger partial charge in [0.15, 0.2) is 0 Å². The van der Waals surface area contributed by atoms with Crippen molar-refractivity contribution in [1.82, 2.24) is 5.32 Å². The topological polar surface area (TPSA) is 41.5 Å². The standard InChI is InChI=1S/C13H19NO2S/c1-3-5-11(2)14-8-12(15)9-16-10-13-6-4-7-17-13/h1,4,6-7,11-12,14-15H,5,8-10H2,2H3. The Morgan fingerprint density at radius 1 is 1.65 bits per heavy atom. The van der Waals surface area contributed by atoms with Gasteiger partial charge in [0.2, 0.25) is 0 Å². The Hall–Kier alpha value is -0.860. The van der Waals surface area contributed by atoms with Crippen molar-refractivity contribution in [2.75, 3.05) is 13.2 Å². The fraction of sp³-hybridized carbons (Fsp3) is 0.538. The van der Waals surface area contributed by atoms with Gasteiger partial charge in [-0.05, 0) is 18.4 Å². The Morgan fingerprint density at radius 3 is 3.12 bits per heavy atom. The molecule has 1 aromatic heterocycles. The minimum Gasteiger partial charge on any atom is -0.389 e. The summed E-state index contributed by atoms with van der Waals surface area (Å²) in [5, 5.41) is 14.8. The van der Waals surface area contributed by atoms with Crippen LogP contribution in [0.4, 0.5) is 0 Å². The van der Waals surface area contributed by atoms with E-state index in [0.717, 1.165) is 0 Å². The normalized spacial score (nSPS) is 14.2. The molecule has 2 atom stereocenters. The number of ether oxygens (including phenoxy) is 1. The van der Waals surface area contributed by atoms with Crippen molar-refractivity contribution in [3.63, 3.8) is 0 Å². The number of hydrogen-bond donors (Lipinski definition) is 2. The van der Waals surface area contributed by atoms with Crippen molar-refractivity contribution in [2.45, 2.75) is 32.1 Å². The molecular formula is C13H19NO2S. The lowest BCUT2D eigenvalue weighted by Crippen LogP contribution is -2.35. The quantitative estimate of drug-likeness (QED) is 0.692. The Labute approximate surface area is 107 Å². The van der Waals surface area contributed by atoms with Gasteiger partial charge in [0, 0.05) is 23.9 Å². The zero-order chi connectivity index (χ0) is 12.5. The van der Waals surface area contributed by atoms with Gasteiger partial charge < -0.3 is 15.2 Å². The van der Waals surface area contributed by atoms with E-state index < -0.39 is 6.10 Å². The summed E-state index contributed by atoms with van der Waals surface area (Å²) < 4.78 is 5.41. The lowest BCUT2D eigenvalue weighted by Gasteiger charge is -2.15. The lowest BCUT2D eigenvalue weighted by atomic mass is 10.2. The van der Waals surface area contributed by atoms with E-state index in [4.69, 9.17) is 11.2 Å². The monoisotopic (exact) mass is 253 g/mol. The first-order valence-corrected chi connectivity index (χ1v) is 6.55. The maximum Gasteiger partial charge on any atom is 0.0897 e. The summed E-state index contributed by atoms with van der Waals surface area (Å²) in [6, 6.07) is 4.24. The minimum atomic E-state index is -0.491. The van der Waals surface area contributed by atoms with E-state index in [1.54, 1.807) is 11.3 Å². The summed E-state index contributed by atoms with van der Waals surface area (Å²) in [4.78, 5) is 1.17. The Kier molecular flexibility index (Phi) is 6.90. The zero-order valence-electron chi connectivity index (χ0n) is 10.1. The number of thiophene rings is 1. The highest BCUT2D eigenvalue weighted by molar-refractivity contribution is 7.09. The van der Waals surface area contributed by atoms with Gasteiger partial charge in [0.05, 0.1) is 19.3 Å². The third kappa shape index (κ3) is 6.44. The molecule has 0 spiro atoms. The van der Waals surface area contributed by atoms with Crippen LogP contribution >= 0.6 is 11.3 Å². The molecule has 0 saturated heterocycles. The molecule has 94 valence electrons. The first-order valence-electron chi connectivity index (χ1n) is 5.67. The molecule has 2 N–H and O–H groups in total. The zero-order valence-corrected chi connectivity index (χ0v) is 10.9. The van der Waals surface area contributed by atoms with Crippen molar-refractivity contribution in [1.29, 1.82) is 0 Å². The number of hydrogen-bond acceptors (Lipinski definition) is 4. The highest BCUT2D eigenvalue weighted by Crippen LogP contribution is 2.09. The van der Waals surface area contributed by atoms with E-state index in [-0.39, 0.29) is 6.04 Å². The van der Waals surface area contributed by atoms with Crippen molar-refractivity contribution in [3.8, 4) is 12.3 Å². The molecule has 1 heterocycles. The predicted molar refractivity (Wildman–Crippen MR) is 70.9 cm³/mol. The molecule has 0 bridgehead atoms. The average Bonchev–Trinajstić information content (AvgIpc) is 2.80. The van der Waals surface area contributed by atoms with Crippen LogP contribution in [-0.2, 0) is 11.3 Å². The van der Waals surface area contributed by atoms with E-state index in [9.17, 15) is 5.11 Å². The first-order chi connectivity index (χ1) is 8.22. The van der Waals surface area contributed by atoms with Gasteiger partial charge in [-0.1, -0.05) is 6.07 Å². The summed E-state index contributed by atoms with van der Waals surface area (Å²) in [7, 11) is 0. The van der Waals surface area contributed by atoms with E-state index in [0.29, 0.717) is 26.2 Å². The van der Waals surface area contributed by atoms with Crippen LogP contribution in [0.3, 0.4) is 0 Å². The smallest absolute Gasteiger partial charge is 0.0897 e. The van der Waals surface area contributed by atoms with Gasteiger partial charge in [0.1, 0.15) is 0 Å². The second-order valence-electron chi connectivity index (χ2n) is 3.97. The van der Waals surface area contributed by atoms with Crippen molar-refractivity contribution < 1.29 is 9.84 Å². The lowest BCUT2D eigenvalue weighted by molar-refractivity contribution is 0.0289. The molecule has 0 radical (unpaired) electrons. The molecule has 4 heteroatoms. The number of terminal acetylenes is 1. The minimum absolute atomic E-state index is 0.229. The summed E-state index contributed by atoms with van der Waals surface area (Å²) in [5.41, 5.74) is 0. The van der Waals surface area contributed by atoms with Crippen LogP contribution in [0, 0.1) is 12.3 Å². The van der Waals surface area contributed by atoms with Gasteiger partial charge in [-0.3, -0.25) is 0 Å². The Morgan fingerprint density at radius 2 is 2.47 bits per heavy atom. The maximum atomic E-state index is 9.66. The van der Waals surface area contributed by atoms with Crippen molar-refractivity contribution in [2.24, 2.45) is 0 Å². The van der Waals surface area contributed by atoms with Gasteiger partial charge in [-0.15, -0.1) is 23.7 Å². The predicted octanol–water partition coefficient (Wildman–Crippen LogP) is 1.63. The molecule has 17 heavy (non-hydrogen) atoms. The molecule has 0 aliphatic carbocycles. The molecule has 3 nitrogen and oxygen atoms in total. The van der Waals surface area contributed by atoms with Gasteiger partial charge >= 0.3 is 0 Å². The summed E-state index contributed by atoms with van der Waals surface area (Å²) in [5.74, 6) is 2.58. The number of rotatable bonds is 8. The number of nitrogens with one attached hydrogen (secondary N) is 1. The molecule has 0 saturated carbocycles. The second-order valence-corrected chi connectivity index (χ2v) is 5.00. The van der Waals surface area contributed by atoms with Crippen LogP contribution in [0.2, 0.25) is 0 Å². The highest BCUT2D eigenvalue weighted by Gasteiger charge is 2.06. The van der Waals surface area contributed by atoms with Gasteiger partial charge in [0.25, 0.3) is 0 Å². The third-order valence-electron chi connectivity index (χ3n) is 2.26. The Bertz CT molecular complexity index is 332. The van der Waals surface area contributed by atoms with Gasteiger partial charge in [-0.25, -0.2) is 0 Å². The maximum absolute atomic E-state index is 9.66. The summed E-state index contributed by atoms with van der Waals surface area (Å²) in [6.45, 7) is 3.41. The van der Waals surface area contributed by atoms with E-state index >= 15 is 0 Å². The average molecular weight is 253 g/mol. The number of aliphatic hydroxyl groups excluding tert-OH is 1. The molecule has 1 rings (SSSR count). The first kappa shape index (κ1) is 14.2. The third-order valence-corrected chi connectivity index (χ3v) is 3.11. The van der Waals surface area contributed by atoms with E-state index in [2.05, 4.69) is 11.2 Å². The van der Waals surface area contributed by atoms with Crippen molar-refractivity contribution >= 4 is 11.3 Å². The molecular weight excluding hydrogens is 234 g/mol. The summed E-state index contributed by atoms with van der Waals surface area (Å²) in [6.07, 6.45) is 5.37. The fourth-order valence-corrected chi connectivity index (χ4v) is 1.98. The fourth-order valence-electron chi connectivity index (χ4n) is 1.34. The molecule has 0 aliphatic rings. The van der Waals surface area contributed by atoms with Crippen LogP contribution in [0.5, 0.6) is 0 Å². The van der Waals surface area contributed by atoms with E-state index in [1.165, 1.54) is 4.88 Å². The summed E-state index contributed by atoms with van der Waals surface area (Å²) >= 11 is 1.66. The van der Waals surface area contributed by atoms with Crippen LogP contribution in [0.1, 0.15) is 18.2 Å². The molecule has 0 aromatic carbocycles. The van der Waals surface area contributed by atoms with Crippen molar-refractivity contribution in [3.05, 3.63) is 22.4 Å². The van der Waals surface area contributed by atoms with Crippen LogP contribution < -0.4 is 5.32 Å². The Balaban J connectivity index is 2.05. The molecule has 0 aliphatic heterocycles. The second kappa shape index (κ2) is 8.26. The molecule has 2 unspecified atom stereocenters. The van der Waals surface area contributed by atoms with E-state index in [1.807, 2.05) is 24.4 Å². The SMILES string of the molecule is C#CCC(C)NCC(O)COCc1cccs1. The number of aliphatic hydroxyl groups is 1. The largest absolute Gasteiger partial charge is 0.389 e.